The number of thioether (sulfide) groups is 1. The molecule has 2 nitrogen and oxygen atoms in total. The fourth-order valence-electron chi connectivity index (χ4n) is 2.61. The van der Waals surface area contributed by atoms with Crippen LogP contribution in [0.15, 0.2) is 47.6 Å². The Hall–Kier alpha value is -1.32. The highest BCUT2D eigenvalue weighted by molar-refractivity contribution is 7.99. The van der Waals surface area contributed by atoms with E-state index < -0.39 is 0 Å². The maximum absolute atomic E-state index is 4.12. The van der Waals surface area contributed by atoms with Crippen LogP contribution in [0.5, 0.6) is 0 Å². The molecule has 0 radical (unpaired) electrons. The first-order valence-corrected chi connectivity index (χ1v) is 8.24. The molecule has 1 heterocycles. The molecule has 2 aromatic rings. The van der Waals surface area contributed by atoms with Gasteiger partial charge in [0.15, 0.2) is 0 Å². The van der Waals surface area contributed by atoms with E-state index in [0.717, 1.165) is 18.8 Å². The van der Waals surface area contributed by atoms with E-state index >= 15 is 0 Å². The predicted octanol–water partition coefficient (Wildman–Crippen LogP) is 3.45. The minimum atomic E-state index is 0.901. The fourth-order valence-corrected chi connectivity index (χ4v) is 3.49. The van der Waals surface area contributed by atoms with E-state index in [4.69, 9.17) is 0 Å². The van der Waals surface area contributed by atoms with Crippen LogP contribution in [-0.2, 0) is 19.4 Å². The summed E-state index contributed by atoms with van der Waals surface area (Å²) in [6, 6.07) is 11.1. The maximum Gasteiger partial charge on any atom is 0.0312 e. The predicted molar refractivity (Wildman–Crippen MR) is 85.1 cm³/mol. The van der Waals surface area contributed by atoms with Crippen LogP contribution in [0.2, 0.25) is 0 Å². The van der Waals surface area contributed by atoms with Gasteiger partial charge in [0.1, 0.15) is 0 Å². The molecule has 1 N–H and O–H groups in total. The number of fused-ring (bicyclic) bond motifs is 1. The quantitative estimate of drug-likeness (QED) is 0.649. The Morgan fingerprint density at radius 1 is 1.15 bits per heavy atom. The fraction of sp³-hybridized carbons (Fsp3) is 0.353. The zero-order valence-corrected chi connectivity index (χ0v) is 12.5. The number of rotatable bonds is 6. The molecule has 1 aliphatic rings. The molecule has 0 amide bonds. The Kier molecular flexibility index (Phi) is 4.72. The summed E-state index contributed by atoms with van der Waals surface area (Å²) in [5, 5.41) is 3.46. The summed E-state index contributed by atoms with van der Waals surface area (Å²) in [5.41, 5.74) is 4.37. The lowest BCUT2D eigenvalue weighted by molar-refractivity contribution is 0.729. The highest BCUT2D eigenvalue weighted by Crippen LogP contribution is 2.27. The van der Waals surface area contributed by atoms with Crippen LogP contribution in [0.4, 0.5) is 0 Å². The van der Waals surface area contributed by atoms with Crippen molar-refractivity contribution < 1.29 is 0 Å². The second-order valence-corrected chi connectivity index (χ2v) is 6.34. The third kappa shape index (κ3) is 3.62. The molecule has 0 unspecified atom stereocenters. The number of pyridine rings is 1. The monoisotopic (exact) mass is 284 g/mol. The van der Waals surface area contributed by atoms with Crippen LogP contribution in [0.1, 0.15) is 23.1 Å². The average molecular weight is 284 g/mol. The first-order valence-electron chi connectivity index (χ1n) is 7.26. The topological polar surface area (TPSA) is 24.9 Å². The molecule has 104 valence electrons. The molecule has 0 fully saturated rings. The third-order valence-electron chi connectivity index (χ3n) is 3.67. The van der Waals surface area contributed by atoms with Crippen molar-refractivity contribution in [2.45, 2.75) is 30.7 Å². The Morgan fingerprint density at radius 2 is 2.10 bits per heavy atom. The molecule has 0 bridgehead atoms. The number of aryl methyl sites for hydroxylation is 2. The van der Waals surface area contributed by atoms with Crippen molar-refractivity contribution in [1.29, 1.82) is 0 Å². The minimum absolute atomic E-state index is 0.901. The van der Waals surface area contributed by atoms with E-state index in [0.29, 0.717) is 0 Å². The van der Waals surface area contributed by atoms with Gasteiger partial charge < -0.3 is 5.32 Å². The Bertz CT molecular complexity index is 554. The van der Waals surface area contributed by atoms with Crippen molar-refractivity contribution >= 4 is 11.8 Å². The molecule has 0 saturated carbocycles. The smallest absolute Gasteiger partial charge is 0.0312 e. The Balaban J connectivity index is 1.40. The lowest BCUT2D eigenvalue weighted by atomic mass is 10.1. The molecular formula is C17H20N2S. The normalized spacial score (nSPS) is 13.4. The van der Waals surface area contributed by atoms with Crippen molar-refractivity contribution in [3.8, 4) is 0 Å². The molecule has 3 rings (SSSR count). The van der Waals surface area contributed by atoms with E-state index in [9.17, 15) is 0 Å². The zero-order chi connectivity index (χ0) is 13.6. The Labute approximate surface area is 125 Å². The van der Waals surface area contributed by atoms with Crippen molar-refractivity contribution in [3.63, 3.8) is 0 Å². The summed E-state index contributed by atoms with van der Waals surface area (Å²) >= 11 is 1.94. The molecule has 0 aliphatic heterocycles. The van der Waals surface area contributed by atoms with Crippen molar-refractivity contribution in [1.82, 2.24) is 10.3 Å². The molecule has 0 spiro atoms. The minimum Gasteiger partial charge on any atom is -0.312 e. The number of hydrogen-bond acceptors (Lipinski definition) is 3. The van der Waals surface area contributed by atoms with E-state index in [-0.39, 0.29) is 0 Å². The van der Waals surface area contributed by atoms with Gasteiger partial charge >= 0.3 is 0 Å². The summed E-state index contributed by atoms with van der Waals surface area (Å²) in [6.45, 7) is 1.93. The van der Waals surface area contributed by atoms with E-state index in [2.05, 4.69) is 34.6 Å². The lowest BCUT2D eigenvalue weighted by Gasteiger charge is -2.06. The number of aromatic nitrogens is 1. The summed E-state index contributed by atoms with van der Waals surface area (Å²) in [6.07, 6.45) is 7.60. The highest BCUT2D eigenvalue weighted by Gasteiger charge is 2.10. The first kappa shape index (κ1) is 13.7. The van der Waals surface area contributed by atoms with Crippen LogP contribution in [0.25, 0.3) is 0 Å². The molecular weight excluding hydrogens is 264 g/mol. The van der Waals surface area contributed by atoms with Crippen LogP contribution in [-0.4, -0.2) is 17.3 Å². The zero-order valence-electron chi connectivity index (χ0n) is 11.6. The summed E-state index contributed by atoms with van der Waals surface area (Å²) < 4.78 is 0. The van der Waals surface area contributed by atoms with Gasteiger partial charge in [0.25, 0.3) is 0 Å². The lowest BCUT2D eigenvalue weighted by Crippen LogP contribution is -2.16. The van der Waals surface area contributed by atoms with Crippen molar-refractivity contribution in [2.75, 3.05) is 12.3 Å². The van der Waals surface area contributed by atoms with Gasteiger partial charge in [0.05, 0.1) is 0 Å². The molecule has 1 aromatic heterocycles. The van der Waals surface area contributed by atoms with Crippen LogP contribution in [0, 0.1) is 0 Å². The average Bonchev–Trinajstić information content (AvgIpc) is 2.95. The van der Waals surface area contributed by atoms with Crippen LogP contribution >= 0.6 is 11.8 Å². The standard InChI is InChI=1S/C17H20N2S/c1-4-15-6-7-17(11-16(15)5-1)20-10-9-19-13-14-3-2-8-18-12-14/h2-3,6-8,11-12,19H,1,4-5,9-10,13H2. The summed E-state index contributed by atoms with van der Waals surface area (Å²) in [5.74, 6) is 1.11. The van der Waals surface area contributed by atoms with Gasteiger partial charge in [-0.05, 0) is 54.2 Å². The molecule has 0 atom stereocenters. The van der Waals surface area contributed by atoms with E-state index in [1.807, 2.05) is 30.2 Å². The molecule has 1 aliphatic carbocycles. The van der Waals surface area contributed by atoms with Crippen molar-refractivity contribution in [2.24, 2.45) is 0 Å². The summed E-state index contributed by atoms with van der Waals surface area (Å²) in [4.78, 5) is 5.53. The van der Waals surface area contributed by atoms with Crippen molar-refractivity contribution in [3.05, 3.63) is 59.4 Å². The number of nitrogens with zero attached hydrogens (tertiary/aromatic N) is 1. The number of hydrogen-bond donors (Lipinski definition) is 1. The van der Waals surface area contributed by atoms with Crippen LogP contribution in [0.3, 0.4) is 0 Å². The van der Waals surface area contributed by atoms with E-state index in [1.165, 1.54) is 29.7 Å². The second-order valence-electron chi connectivity index (χ2n) is 5.17. The Morgan fingerprint density at radius 3 is 3.00 bits per heavy atom. The second kappa shape index (κ2) is 6.91. The molecule has 20 heavy (non-hydrogen) atoms. The molecule has 0 saturated heterocycles. The van der Waals surface area contributed by atoms with Gasteiger partial charge in [-0.3, -0.25) is 4.98 Å². The van der Waals surface area contributed by atoms with Gasteiger partial charge in [0.2, 0.25) is 0 Å². The SMILES string of the molecule is c1cncc(CNCCSc2ccc3c(c2)CCC3)c1. The highest BCUT2D eigenvalue weighted by atomic mass is 32.2. The maximum atomic E-state index is 4.12. The third-order valence-corrected chi connectivity index (χ3v) is 4.66. The molecule has 1 aromatic carbocycles. The van der Waals surface area contributed by atoms with Crippen LogP contribution < -0.4 is 5.32 Å². The van der Waals surface area contributed by atoms with Gasteiger partial charge in [-0.15, -0.1) is 11.8 Å². The van der Waals surface area contributed by atoms with Gasteiger partial charge in [-0.2, -0.15) is 0 Å². The molecule has 3 heteroatoms. The van der Waals surface area contributed by atoms with E-state index in [1.54, 1.807) is 11.1 Å². The van der Waals surface area contributed by atoms with Gasteiger partial charge in [-0.25, -0.2) is 0 Å². The summed E-state index contributed by atoms with van der Waals surface area (Å²) in [7, 11) is 0. The van der Waals surface area contributed by atoms with Gasteiger partial charge in [-0.1, -0.05) is 12.1 Å². The number of benzene rings is 1. The van der Waals surface area contributed by atoms with Gasteiger partial charge in [0, 0.05) is 36.1 Å². The largest absolute Gasteiger partial charge is 0.312 e. The first-order chi connectivity index (χ1) is 9.92. The number of nitrogens with one attached hydrogen (secondary N) is 1.